The van der Waals surface area contributed by atoms with Crippen LogP contribution < -0.4 is 15.4 Å². The molecule has 0 aliphatic carbocycles. The fourth-order valence-electron chi connectivity index (χ4n) is 8.47. The van der Waals surface area contributed by atoms with Crippen molar-refractivity contribution in [1.82, 2.24) is 34.9 Å². The summed E-state index contributed by atoms with van der Waals surface area (Å²) in [5, 5.41) is 6.16. The Hall–Kier alpha value is -5.23. The van der Waals surface area contributed by atoms with Gasteiger partial charge < -0.3 is 39.4 Å². The Morgan fingerprint density at radius 2 is 1.69 bits per heavy atom. The van der Waals surface area contributed by atoms with Crippen molar-refractivity contribution in [2.75, 3.05) is 40.9 Å². The first-order valence-electron chi connectivity index (χ1n) is 20.7. The monoisotopic (exact) mass is 931 g/mol. The molecule has 0 saturated carbocycles. The number of halogens is 6. The van der Waals surface area contributed by atoms with Crippen LogP contribution >= 0.6 is 23.2 Å². The van der Waals surface area contributed by atoms with Gasteiger partial charge in [-0.05, 0) is 87.3 Å². The molecule has 4 amide bonds. The summed E-state index contributed by atoms with van der Waals surface area (Å²) in [6.07, 6.45) is -4.89. The number of hydrogen-bond donors (Lipinski definition) is 2. The van der Waals surface area contributed by atoms with Crippen molar-refractivity contribution in [3.63, 3.8) is 0 Å². The lowest BCUT2D eigenvalue weighted by molar-refractivity contribution is -0.166. The van der Waals surface area contributed by atoms with Gasteiger partial charge in [0, 0.05) is 61.9 Å². The van der Waals surface area contributed by atoms with Crippen molar-refractivity contribution in [3.05, 3.63) is 99.7 Å². The first kappa shape index (κ1) is 48.2. The standard InChI is InChI=1S/C45H51Cl2F4N7O6/c1-27-41(60)54-36(25-63-5)43(62)56(4)44(20-28-7-11-31(46)12-8-28)15-6-16-57(26-44)42(61)30(21-45(49,50)51)17-40(59)58(27)24-34-35(48)18-32(47)19-38(34)64-33-13-9-29(10-14-33)37-22-53-39(23-52-2)55(37)3/h7-14,18-19,22,27,30,36,52H,6,15-17,20-21,23-26H2,1-5H3,(H,54,60)/t27-,30-,36-,44+/m0/s1. The van der Waals surface area contributed by atoms with Crippen molar-refractivity contribution >= 4 is 46.8 Å². The average Bonchev–Trinajstić information content (AvgIpc) is 3.61. The van der Waals surface area contributed by atoms with E-state index < -0.39 is 78.5 Å². The third-order valence-electron chi connectivity index (χ3n) is 12.0. The first-order valence-corrected chi connectivity index (χ1v) is 21.5. The van der Waals surface area contributed by atoms with Gasteiger partial charge in [-0.1, -0.05) is 35.3 Å². The Bertz CT molecular complexity index is 2330. The lowest BCUT2D eigenvalue weighted by atomic mass is 9.80. The van der Waals surface area contributed by atoms with Gasteiger partial charge in [0.15, 0.2) is 0 Å². The molecule has 3 heterocycles. The van der Waals surface area contributed by atoms with Gasteiger partial charge >= 0.3 is 6.18 Å². The lowest BCUT2D eigenvalue weighted by Gasteiger charge is -2.50. The van der Waals surface area contributed by atoms with E-state index in [4.69, 9.17) is 32.7 Å². The molecular weight excluding hydrogens is 881 g/mol. The van der Waals surface area contributed by atoms with Gasteiger partial charge in [0.05, 0.1) is 49.5 Å². The second kappa shape index (κ2) is 20.3. The number of amides is 4. The van der Waals surface area contributed by atoms with Crippen LogP contribution in [-0.2, 0) is 50.5 Å². The normalized spacial score (nSPS) is 21.5. The quantitative estimate of drug-likeness (QED) is 0.146. The average molecular weight is 933 g/mol. The third-order valence-corrected chi connectivity index (χ3v) is 12.4. The number of ether oxygens (including phenoxy) is 2. The number of hydrogen-bond acceptors (Lipinski definition) is 8. The molecule has 4 atom stereocenters. The number of alkyl halides is 3. The second-order valence-electron chi connectivity index (χ2n) is 16.4. The van der Waals surface area contributed by atoms with Gasteiger partial charge in [-0.3, -0.25) is 19.2 Å². The number of likely N-dealkylation sites (N-methyl/N-ethyl adjacent to an activating group) is 1. The molecule has 1 aromatic heterocycles. The summed E-state index contributed by atoms with van der Waals surface area (Å²) in [4.78, 5) is 65.7. The highest BCUT2D eigenvalue weighted by atomic mass is 35.5. The number of nitrogens with one attached hydrogen (secondary N) is 2. The zero-order chi connectivity index (χ0) is 46.5. The number of imidazole rings is 1. The van der Waals surface area contributed by atoms with E-state index in [0.717, 1.165) is 33.6 Å². The van der Waals surface area contributed by atoms with Crippen LogP contribution in [0.15, 0.2) is 66.9 Å². The number of rotatable bonds is 12. The Morgan fingerprint density at radius 1 is 0.984 bits per heavy atom. The molecule has 0 radical (unpaired) electrons. The van der Waals surface area contributed by atoms with Crippen molar-refractivity contribution in [2.45, 2.75) is 75.9 Å². The maximum absolute atomic E-state index is 16.1. The Kier molecular flexibility index (Phi) is 15.3. The highest BCUT2D eigenvalue weighted by Gasteiger charge is 2.48. The van der Waals surface area contributed by atoms with E-state index in [1.54, 1.807) is 54.7 Å². The molecule has 2 saturated heterocycles. The van der Waals surface area contributed by atoms with Gasteiger partial charge in [0.1, 0.15) is 35.2 Å². The van der Waals surface area contributed by atoms with Crippen LogP contribution in [0.25, 0.3) is 11.3 Å². The summed E-state index contributed by atoms with van der Waals surface area (Å²) in [6.45, 7) is 0.769. The van der Waals surface area contributed by atoms with Crippen LogP contribution in [0.4, 0.5) is 17.6 Å². The predicted octanol–water partition coefficient (Wildman–Crippen LogP) is 6.93. The summed E-state index contributed by atoms with van der Waals surface area (Å²) >= 11 is 12.5. The molecule has 0 spiro atoms. The van der Waals surface area contributed by atoms with Crippen LogP contribution in [0, 0.1) is 11.7 Å². The van der Waals surface area contributed by atoms with E-state index in [1.807, 2.05) is 18.7 Å². The van der Waals surface area contributed by atoms with E-state index in [9.17, 15) is 32.3 Å². The first-order chi connectivity index (χ1) is 30.3. The van der Waals surface area contributed by atoms with Crippen LogP contribution in [0.5, 0.6) is 11.5 Å². The highest BCUT2D eigenvalue weighted by Crippen LogP contribution is 2.37. The van der Waals surface area contributed by atoms with E-state index in [1.165, 1.54) is 36.9 Å². The third kappa shape index (κ3) is 11.2. The van der Waals surface area contributed by atoms with E-state index >= 15 is 4.39 Å². The van der Waals surface area contributed by atoms with Crippen molar-refractivity contribution < 1.29 is 46.2 Å². The highest BCUT2D eigenvalue weighted by molar-refractivity contribution is 6.31. The summed E-state index contributed by atoms with van der Waals surface area (Å²) in [5.74, 6) is -5.41. The van der Waals surface area contributed by atoms with Crippen molar-refractivity contribution in [1.29, 1.82) is 0 Å². The van der Waals surface area contributed by atoms with Crippen LogP contribution in [0.2, 0.25) is 10.0 Å². The number of carbonyl (C=O) groups excluding carboxylic acids is 4. The number of aromatic nitrogens is 2. The molecule has 2 aliphatic heterocycles. The fourth-order valence-corrected chi connectivity index (χ4v) is 8.79. The summed E-state index contributed by atoms with van der Waals surface area (Å²) in [6, 6.07) is 13.1. The largest absolute Gasteiger partial charge is 0.457 e. The minimum absolute atomic E-state index is 0.0625. The Morgan fingerprint density at radius 3 is 2.34 bits per heavy atom. The van der Waals surface area contributed by atoms with Crippen LogP contribution in [0.3, 0.4) is 0 Å². The molecule has 64 heavy (non-hydrogen) atoms. The molecule has 4 aromatic rings. The molecule has 2 N–H and O–H groups in total. The smallest absolute Gasteiger partial charge is 0.389 e. The van der Waals surface area contributed by atoms with E-state index in [-0.39, 0.29) is 48.2 Å². The van der Waals surface area contributed by atoms with Gasteiger partial charge in [-0.25, -0.2) is 9.37 Å². The summed E-state index contributed by atoms with van der Waals surface area (Å²) < 4.78 is 72.6. The van der Waals surface area contributed by atoms with Gasteiger partial charge in [-0.15, -0.1) is 0 Å². The number of methoxy groups -OCH3 is 1. The Labute approximate surface area is 379 Å². The molecule has 13 nitrogen and oxygen atoms in total. The van der Waals surface area contributed by atoms with Crippen LogP contribution in [-0.4, -0.2) is 113 Å². The van der Waals surface area contributed by atoms with Crippen molar-refractivity contribution in [3.8, 4) is 22.8 Å². The number of piperidine rings is 1. The minimum atomic E-state index is -4.87. The molecule has 3 aromatic carbocycles. The molecular formula is C45H51Cl2F4N7O6. The molecule has 0 unspecified atom stereocenters. The Balaban J connectivity index is 1.37. The second-order valence-corrected chi connectivity index (χ2v) is 17.2. The lowest BCUT2D eigenvalue weighted by Crippen LogP contribution is -2.65. The van der Waals surface area contributed by atoms with Crippen molar-refractivity contribution in [2.24, 2.45) is 13.0 Å². The maximum atomic E-state index is 16.1. The number of benzene rings is 3. The zero-order valence-corrected chi connectivity index (χ0v) is 37.6. The molecule has 2 bridgehead atoms. The van der Waals surface area contributed by atoms with Gasteiger partial charge in [0.2, 0.25) is 23.6 Å². The maximum Gasteiger partial charge on any atom is 0.389 e. The van der Waals surface area contributed by atoms with Gasteiger partial charge in [0.25, 0.3) is 0 Å². The molecule has 2 aliphatic rings. The predicted molar refractivity (Wildman–Crippen MR) is 232 cm³/mol. The molecule has 2 fully saturated rings. The topological polar surface area (TPSA) is 138 Å². The summed E-state index contributed by atoms with van der Waals surface area (Å²) in [7, 11) is 6.56. The van der Waals surface area contributed by atoms with E-state index in [0.29, 0.717) is 24.4 Å². The van der Waals surface area contributed by atoms with Crippen LogP contribution in [0.1, 0.15) is 49.6 Å². The summed E-state index contributed by atoms with van der Waals surface area (Å²) in [5.41, 5.74) is 0.976. The molecule has 6 rings (SSSR count). The number of carbonyl (C=O) groups is 4. The molecule has 19 heteroatoms. The zero-order valence-electron chi connectivity index (χ0n) is 36.1. The number of nitrogens with zero attached hydrogens (tertiary/aromatic N) is 5. The molecule has 344 valence electrons. The van der Waals surface area contributed by atoms with Gasteiger partial charge in [-0.2, -0.15) is 13.2 Å². The fraction of sp³-hybridized carbons (Fsp3) is 0.444. The minimum Gasteiger partial charge on any atom is -0.457 e. The van der Waals surface area contributed by atoms with E-state index in [2.05, 4.69) is 15.6 Å². The SMILES string of the molecule is CNCc1ncc(-c2ccc(Oc3cc(Cl)cc(F)c3CN3C(=O)C[C@@H](CC(F)(F)F)C(=O)N4CCC[C@@](Cc5ccc(Cl)cc5)(C4)N(C)C(=O)[C@H](COC)NC(=O)[C@@H]3C)cc2)n1C. The number of fused-ring (bicyclic) bond motifs is 2.